The van der Waals surface area contributed by atoms with E-state index in [-0.39, 0.29) is 12.4 Å². The summed E-state index contributed by atoms with van der Waals surface area (Å²) in [5, 5.41) is 23.6. The Bertz CT molecular complexity index is 794. The molecule has 0 spiro atoms. The van der Waals surface area contributed by atoms with Gasteiger partial charge in [-0.2, -0.15) is 0 Å². The van der Waals surface area contributed by atoms with E-state index < -0.39 is 0 Å². The number of rotatable bonds is 1. The summed E-state index contributed by atoms with van der Waals surface area (Å²) in [5.41, 5.74) is 2.62. The number of anilines is 2. The number of aromatic hydroxyl groups is 1. The molecular weight excluding hydrogens is 324 g/mol. The number of phenols is 1. The molecular formula is C17H20N4O2S. The Labute approximate surface area is 144 Å². The van der Waals surface area contributed by atoms with Gasteiger partial charge in [0.25, 0.3) is 0 Å². The molecule has 0 aliphatic carbocycles. The van der Waals surface area contributed by atoms with Crippen molar-refractivity contribution < 1.29 is 10.2 Å². The molecule has 126 valence electrons. The topological polar surface area (TPSA) is 71.3 Å². The lowest BCUT2D eigenvalue weighted by Crippen LogP contribution is -2.47. The van der Waals surface area contributed by atoms with Crippen LogP contribution < -0.4 is 5.32 Å². The molecule has 3 N–H and O–H groups in total. The maximum Gasteiger partial charge on any atom is 0.139 e. The second kappa shape index (κ2) is 6.08. The number of aliphatic hydroxyl groups is 1. The first-order chi connectivity index (χ1) is 11.6. The molecule has 0 radical (unpaired) electrons. The quantitative estimate of drug-likeness (QED) is 0.741. The average molecular weight is 344 g/mol. The highest BCUT2D eigenvalue weighted by Gasteiger charge is 2.26. The SMILES string of the molecule is CN1CCN(C2=Nc3ccc(O)cc3Nc3sc(CO)cc32)CC1. The highest BCUT2D eigenvalue weighted by Crippen LogP contribution is 2.40. The summed E-state index contributed by atoms with van der Waals surface area (Å²) in [5.74, 6) is 1.14. The van der Waals surface area contributed by atoms with Crippen molar-refractivity contribution in [3.63, 3.8) is 0 Å². The van der Waals surface area contributed by atoms with Crippen molar-refractivity contribution in [1.82, 2.24) is 9.80 Å². The molecule has 1 aromatic carbocycles. The van der Waals surface area contributed by atoms with E-state index in [1.54, 1.807) is 12.1 Å². The van der Waals surface area contributed by atoms with E-state index in [0.29, 0.717) is 0 Å². The van der Waals surface area contributed by atoms with Gasteiger partial charge in [-0.25, -0.2) is 4.99 Å². The lowest BCUT2D eigenvalue weighted by Gasteiger charge is -2.34. The highest BCUT2D eigenvalue weighted by atomic mass is 32.1. The number of hydrogen-bond donors (Lipinski definition) is 3. The zero-order valence-corrected chi connectivity index (χ0v) is 14.3. The van der Waals surface area contributed by atoms with Crippen LogP contribution in [0.5, 0.6) is 5.75 Å². The molecule has 1 saturated heterocycles. The van der Waals surface area contributed by atoms with Crippen molar-refractivity contribution in [2.24, 2.45) is 4.99 Å². The summed E-state index contributed by atoms with van der Waals surface area (Å²) in [7, 11) is 2.13. The Kier molecular flexibility index (Phi) is 3.91. The summed E-state index contributed by atoms with van der Waals surface area (Å²) in [6.45, 7) is 3.86. The average Bonchev–Trinajstić information content (AvgIpc) is 2.92. The molecule has 0 unspecified atom stereocenters. The standard InChI is InChI=1S/C17H20N4O2S/c1-20-4-6-21(7-5-20)16-13-9-12(10-22)24-17(13)19-15-8-11(23)2-3-14(15)18-16/h2-3,8-9,19,22-23H,4-7,10H2,1H3. The number of phenolic OH excluding ortho intramolecular Hbond substituents is 1. The van der Waals surface area contributed by atoms with Gasteiger partial charge >= 0.3 is 0 Å². The predicted molar refractivity (Wildman–Crippen MR) is 96.9 cm³/mol. The fourth-order valence-corrected chi connectivity index (χ4v) is 3.98. The molecule has 24 heavy (non-hydrogen) atoms. The van der Waals surface area contributed by atoms with Gasteiger partial charge in [0, 0.05) is 37.1 Å². The molecule has 3 heterocycles. The number of aliphatic hydroxyl groups excluding tert-OH is 1. The van der Waals surface area contributed by atoms with Crippen molar-refractivity contribution in [3.8, 4) is 5.75 Å². The molecule has 1 aromatic heterocycles. The van der Waals surface area contributed by atoms with Gasteiger partial charge in [0.05, 0.1) is 23.5 Å². The number of likely N-dealkylation sites (N-methyl/N-ethyl adjacent to an activating group) is 1. The fourth-order valence-electron chi connectivity index (χ4n) is 3.06. The number of aliphatic imine (C=N–C) groups is 1. The largest absolute Gasteiger partial charge is 0.508 e. The Morgan fingerprint density at radius 3 is 2.75 bits per heavy atom. The van der Waals surface area contributed by atoms with E-state index >= 15 is 0 Å². The van der Waals surface area contributed by atoms with E-state index in [0.717, 1.165) is 58.8 Å². The van der Waals surface area contributed by atoms with Crippen molar-refractivity contribution >= 4 is 33.5 Å². The van der Waals surface area contributed by atoms with Gasteiger partial charge in [-0.05, 0) is 25.2 Å². The molecule has 2 aromatic rings. The van der Waals surface area contributed by atoms with Gasteiger partial charge in [0.15, 0.2) is 0 Å². The highest BCUT2D eigenvalue weighted by molar-refractivity contribution is 7.16. The lowest BCUT2D eigenvalue weighted by molar-refractivity contribution is 0.216. The van der Waals surface area contributed by atoms with E-state index in [9.17, 15) is 10.2 Å². The van der Waals surface area contributed by atoms with Crippen LogP contribution in [0.25, 0.3) is 0 Å². The Morgan fingerprint density at radius 1 is 1.21 bits per heavy atom. The molecule has 2 aliphatic heterocycles. The van der Waals surface area contributed by atoms with Crippen LogP contribution in [0.3, 0.4) is 0 Å². The van der Waals surface area contributed by atoms with Crippen LogP contribution in [-0.4, -0.2) is 59.1 Å². The zero-order chi connectivity index (χ0) is 16.7. The Hall–Kier alpha value is -2.09. The minimum absolute atomic E-state index is 0.0161. The molecule has 1 fully saturated rings. The van der Waals surface area contributed by atoms with Crippen LogP contribution in [0.1, 0.15) is 10.4 Å². The van der Waals surface area contributed by atoms with Gasteiger partial charge in [0.1, 0.15) is 16.6 Å². The summed E-state index contributed by atoms with van der Waals surface area (Å²) >= 11 is 1.53. The van der Waals surface area contributed by atoms with Crippen molar-refractivity contribution in [3.05, 3.63) is 34.7 Å². The van der Waals surface area contributed by atoms with E-state index in [4.69, 9.17) is 4.99 Å². The Balaban J connectivity index is 1.81. The molecule has 0 bridgehead atoms. The summed E-state index contributed by atoms with van der Waals surface area (Å²) < 4.78 is 0. The maximum atomic E-state index is 9.78. The van der Waals surface area contributed by atoms with Crippen LogP contribution in [0, 0.1) is 0 Å². The summed E-state index contributed by atoms with van der Waals surface area (Å²) in [6, 6.07) is 7.19. The minimum Gasteiger partial charge on any atom is -0.508 e. The zero-order valence-electron chi connectivity index (χ0n) is 13.5. The smallest absolute Gasteiger partial charge is 0.139 e. The number of piperazine rings is 1. The molecule has 0 amide bonds. The van der Waals surface area contributed by atoms with Gasteiger partial charge in [0.2, 0.25) is 0 Å². The normalized spacial score (nSPS) is 17.6. The van der Waals surface area contributed by atoms with Crippen LogP contribution in [0.2, 0.25) is 0 Å². The van der Waals surface area contributed by atoms with Crippen LogP contribution >= 0.6 is 11.3 Å². The van der Waals surface area contributed by atoms with E-state index in [1.165, 1.54) is 11.3 Å². The first-order valence-electron chi connectivity index (χ1n) is 8.00. The molecule has 2 aliphatic rings. The lowest BCUT2D eigenvalue weighted by atomic mass is 10.2. The number of nitrogens with one attached hydrogen (secondary N) is 1. The molecule has 0 saturated carbocycles. The summed E-state index contributed by atoms with van der Waals surface area (Å²) in [6.07, 6.45) is 0. The van der Waals surface area contributed by atoms with Crippen molar-refractivity contribution in [1.29, 1.82) is 0 Å². The van der Waals surface area contributed by atoms with Gasteiger partial charge in [-0.1, -0.05) is 0 Å². The van der Waals surface area contributed by atoms with Crippen LogP contribution in [0.4, 0.5) is 16.4 Å². The number of benzene rings is 1. The van der Waals surface area contributed by atoms with Gasteiger partial charge < -0.3 is 25.3 Å². The van der Waals surface area contributed by atoms with E-state index in [2.05, 4.69) is 22.2 Å². The van der Waals surface area contributed by atoms with Crippen LogP contribution in [-0.2, 0) is 6.61 Å². The minimum atomic E-state index is 0.0161. The molecule has 0 atom stereocenters. The molecule has 6 nitrogen and oxygen atoms in total. The first kappa shape index (κ1) is 15.4. The summed E-state index contributed by atoms with van der Waals surface area (Å²) in [4.78, 5) is 10.4. The number of fused-ring (bicyclic) bond motifs is 2. The second-order valence-electron chi connectivity index (χ2n) is 6.17. The Morgan fingerprint density at radius 2 is 2.00 bits per heavy atom. The number of hydrogen-bond acceptors (Lipinski definition) is 7. The van der Waals surface area contributed by atoms with Crippen molar-refractivity contribution in [2.75, 3.05) is 38.5 Å². The number of nitrogens with zero attached hydrogens (tertiary/aromatic N) is 3. The first-order valence-corrected chi connectivity index (χ1v) is 8.82. The maximum absolute atomic E-state index is 9.78. The van der Waals surface area contributed by atoms with Gasteiger partial charge in [-0.3, -0.25) is 0 Å². The molecule has 4 rings (SSSR count). The fraction of sp³-hybridized carbons (Fsp3) is 0.353. The third kappa shape index (κ3) is 2.75. The third-order valence-electron chi connectivity index (χ3n) is 4.44. The third-order valence-corrected chi connectivity index (χ3v) is 5.47. The van der Waals surface area contributed by atoms with Crippen LogP contribution in [0.15, 0.2) is 29.3 Å². The molecule has 7 heteroatoms. The second-order valence-corrected chi connectivity index (χ2v) is 7.30. The van der Waals surface area contributed by atoms with Crippen molar-refractivity contribution in [2.45, 2.75) is 6.61 Å². The monoisotopic (exact) mass is 344 g/mol. The van der Waals surface area contributed by atoms with E-state index in [1.807, 2.05) is 12.1 Å². The number of thiophene rings is 1. The predicted octanol–water partition coefficient (Wildman–Crippen LogP) is 2.33. The number of amidine groups is 1. The van der Waals surface area contributed by atoms with Gasteiger partial charge in [-0.15, -0.1) is 11.3 Å².